The zero-order valence-electron chi connectivity index (χ0n) is 7.88. The highest BCUT2D eigenvalue weighted by Gasteiger charge is 2.27. The topological polar surface area (TPSA) is 0 Å². The van der Waals surface area contributed by atoms with Crippen LogP contribution in [-0.4, -0.2) is 5.25 Å². The summed E-state index contributed by atoms with van der Waals surface area (Å²) in [5.41, 5.74) is 0. The first-order valence-corrected chi connectivity index (χ1v) is 5.31. The largest absolute Gasteiger partial charge is 0.176 e. The Morgan fingerprint density at radius 1 is 1.27 bits per heavy atom. The van der Waals surface area contributed by atoms with Crippen molar-refractivity contribution < 1.29 is 0 Å². The van der Waals surface area contributed by atoms with Gasteiger partial charge in [0.15, 0.2) is 0 Å². The van der Waals surface area contributed by atoms with Crippen LogP contribution in [0.25, 0.3) is 0 Å². The third-order valence-electron chi connectivity index (χ3n) is 2.99. The number of rotatable bonds is 1. The Morgan fingerprint density at radius 3 is 2.36 bits per heavy atom. The molecule has 0 radical (unpaired) electrons. The van der Waals surface area contributed by atoms with Crippen molar-refractivity contribution in [3.05, 3.63) is 0 Å². The fourth-order valence-corrected chi connectivity index (χ4v) is 3.01. The van der Waals surface area contributed by atoms with Gasteiger partial charge in [-0.3, -0.25) is 0 Å². The van der Waals surface area contributed by atoms with Crippen LogP contribution in [0.2, 0.25) is 0 Å². The lowest BCUT2D eigenvalue weighted by Gasteiger charge is -2.34. The molecule has 1 aliphatic rings. The van der Waals surface area contributed by atoms with Crippen molar-refractivity contribution in [3.8, 4) is 0 Å². The minimum Gasteiger partial charge on any atom is -0.176 e. The van der Waals surface area contributed by atoms with Gasteiger partial charge in [0.25, 0.3) is 0 Å². The molecule has 0 amide bonds. The molecule has 1 fully saturated rings. The van der Waals surface area contributed by atoms with Gasteiger partial charge < -0.3 is 0 Å². The zero-order chi connectivity index (χ0) is 8.43. The first-order valence-electron chi connectivity index (χ1n) is 4.79. The van der Waals surface area contributed by atoms with Crippen LogP contribution < -0.4 is 0 Å². The Labute approximate surface area is 76.2 Å². The number of hydrogen-bond donors (Lipinski definition) is 1. The second kappa shape index (κ2) is 3.84. The van der Waals surface area contributed by atoms with Crippen molar-refractivity contribution in [2.24, 2.45) is 17.8 Å². The first kappa shape index (κ1) is 9.44. The molecular formula is C10H20S. The van der Waals surface area contributed by atoms with Crippen LogP contribution in [0, 0.1) is 17.8 Å². The monoisotopic (exact) mass is 172 g/mol. The molecule has 11 heavy (non-hydrogen) atoms. The van der Waals surface area contributed by atoms with E-state index in [1.54, 1.807) is 0 Å². The minimum absolute atomic E-state index is 0.666. The molecule has 0 aromatic carbocycles. The maximum atomic E-state index is 4.65. The van der Waals surface area contributed by atoms with E-state index in [4.69, 9.17) is 0 Å². The molecule has 0 heterocycles. The smallest absolute Gasteiger partial charge is 0.00500 e. The predicted octanol–water partition coefficient (Wildman–Crippen LogP) is 3.38. The van der Waals surface area contributed by atoms with Gasteiger partial charge in [0.05, 0.1) is 0 Å². The molecule has 0 nitrogen and oxygen atoms in total. The lowest BCUT2D eigenvalue weighted by atomic mass is 9.77. The van der Waals surface area contributed by atoms with Crippen LogP contribution in [0.15, 0.2) is 0 Å². The molecule has 1 heteroatoms. The van der Waals surface area contributed by atoms with Gasteiger partial charge in [-0.25, -0.2) is 0 Å². The lowest BCUT2D eigenvalue weighted by molar-refractivity contribution is 0.245. The summed E-state index contributed by atoms with van der Waals surface area (Å²) in [6.45, 7) is 6.99. The Balaban J connectivity index is 2.44. The second-order valence-corrected chi connectivity index (χ2v) is 5.06. The van der Waals surface area contributed by atoms with Crippen molar-refractivity contribution in [3.63, 3.8) is 0 Å². The van der Waals surface area contributed by atoms with Crippen LogP contribution in [0.4, 0.5) is 0 Å². The van der Waals surface area contributed by atoms with Crippen LogP contribution in [-0.2, 0) is 0 Å². The van der Waals surface area contributed by atoms with E-state index in [-0.39, 0.29) is 0 Å². The fourth-order valence-electron chi connectivity index (χ4n) is 2.15. The van der Waals surface area contributed by atoms with Crippen LogP contribution in [0.1, 0.15) is 40.0 Å². The van der Waals surface area contributed by atoms with E-state index in [1.807, 2.05) is 0 Å². The minimum atomic E-state index is 0.666. The molecule has 66 valence electrons. The summed E-state index contributed by atoms with van der Waals surface area (Å²) in [7, 11) is 0. The van der Waals surface area contributed by atoms with E-state index in [2.05, 4.69) is 33.4 Å². The van der Waals surface area contributed by atoms with Gasteiger partial charge in [0, 0.05) is 5.25 Å². The third kappa shape index (κ3) is 2.40. The molecule has 3 atom stereocenters. The van der Waals surface area contributed by atoms with E-state index >= 15 is 0 Å². The first-order chi connectivity index (χ1) is 5.11. The quantitative estimate of drug-likeness (QED) is 0.576. The molecule has 0 aromatic rings. The molecule has 1 aliphatic carbocycles. The van der Waals surface area contributed by atoms with Gasteiger partial charge in [-0.1, -0.05) is 27.2 Å². The molecule has 0 aliphatic heterocycles. The van der Waals surface area contributed by atoms with Gasteiger partial charge in [0.1, 0.15) is 0 Å². The molecule has 0 spiro atoms. The Morgan fingerprint density at radius 2 is 1.91 bits per heavy atom. The lowest BCUT2D eigenvalue weighted by Crippen LogP contribution is -2.27. The highest BCUT2D eigenvalue weighted by atomic mass is 32.1. The number of hydrogen-bond acceptors (Lipinski definition) is 1. The molecule has 1 saturated carbocycles. The molecule has 0 N–H and O–H groups in total. The summed E-state index contributed by atoms with van der Waals surface area (Å²) in [5.74, 6) is 2.60. The fraction of sp³-hybridized carbons (Fsp3) is 1.00. The van der Waals surface area contributed by atoms with E-state index in [0.29, 0.717) is 5.25 Å². The summed E-state index contributed by atoms with van der Waals surface area (Å²) in [6, 6.07) is 0. The second-order valence-electron chi connectivity index (χ2n) is 4.39. The van der Waals surface area contributed by atoms with E-state index in [9.17, 15) is 0 Å². The summed E-state index contributed by atoms with van der Waals surface area (Å²) in [4.78, 5) is 0. The Bertz CT molecular complexity index is 120. The highest BCUT2D eigenvalue weighted by Crippen LogP contribution is 2.36. The summed E-state index contributed by atoms with van der Waals surface area (Å²) < 4.78 is 0. The summed E-state index contributed by atoms with van der Waals surface area (Å²) in [6.07, 6.45) is 4.14. The predicted molar refractivity (Wildman–Crippen MR) is 54.1 cm³/mol. The molecule has 0 saturated heterocycles. The van der Waals surface area contributed by atoms with Gasteiger partial charge in [-0.2, -0.15) is 12.6 Å². The number of thiol groups is 1. The standard InChI is InChI=1S/C10H20S/c1-7(2)9-5-4-8(3)6-10(9)11/h7-11H,4-6H2,1-3H3/t8-,9+,10-/m0/s1. The van der Waals surface area contributed by atoms with Crippen molar-refractivity contribution in [1.82, 2.24) is 0 Å². The van der Waals surface area contributed by atoms with E-state index in [0.717, 1.165) is 17.8 Å². The Hall–Kier alpha value is 0.350. The van der Waals surface area contributed by atoms with Crippen LogP contribution in [0.3, 0.4) is 0 Å². The van der Waals surface area contributed by atoms with Crippen LogP contribution >= 0.6 is 12.6 Å². The van der Waals surface area contributed by atoms with Gasteiger partial charge in [-0.05, 0) is 30.6 Å². The maximum absolute atomic E-state index is 4.65. The van der Waals surface area contributed by atoms with Crippen LogP contribution in [0.5, 0.6) is 0 Å². The van der Waals surface area contributed by atoms with E-state index < -0.39 is 0 Å². The summed E-state index contributed by atoms with van der Waals surface area (Å²) in [5, 5.41) is 0.666. The van der Waals surface area contributed by atoms with E-state index in [1.165, 1.54) is 19.3 Å². The zero-order valence-corrected chi connectivity index (χ0v) is 8.77. The normalized spacial score (nSPS) is 39.5. The summed E-state index contributed by atoms with van der Waals surface area (Å²) >= 11 is 4.65. The van der Waals surface area contributed by atoms with Gasteiger partial charge in [-0.15, -0.1) is 0 Å². The molecule has 0 aromatic heterocycles. The average molecular weight is 172 g/mol. The van der Waals surface area contributed by atoms with Gasteiger partial charge >= 0.3 is 0 Å². The van der Waals surface area contributed by atoms with Crippen molar-refractivity contribution in [2.45, 2.75) is 45.3 Å². The average Bonchev–Trinajstić information content (AvgIpc) is 1.85. The highest BCUT2D eigenvalue weighted by molar-refractivity contribution is 7.81. The maximum Gasteiger partial charge on any atom is 0.00500 e. The van der Waals surface area contributed by atoms with Gasteiger partial charge in [0.2, 0.25) is 0 Å². The van der Waals surface area contributed by atoms with Crippen molar-refractivity contribution >= 4 is 12.6 Å². The van der Waals surface area contributed by atoms with Crippen molar-refractivity contribution in [1.29, 1.82) is 0 Å². The molecule has 0 bridgehead atoms. The molecular weight excluding hydrogens is 152 g/mol. The third-order valence-corrected chi connectivity index (χ3v) is 3.58. The van der Waals surface area contributed by atoms with Crippen molar-refractivity contribution in [2.75, 3.05) is 0 Å². The SMILES string of the molecule is CC(C)[C@H]1CC[C@H](C)C[C@@H]1S. The molecule has 0 unspecified atom stereocenters. The Kier molecular flexibility index (Phi) is 3.29. The molecule has 1 rings (SSSR count).